The van der Waals surface area contributed by atoms with Crippen molar-refractivity contribution in [3.63, 3.8) is 0 Å². The van der Waals surface area contributed by atoms with Crippen molar-refractivity contribution in [3.8, 4) is 11.1 Å². The van der Waals surface area contributed by atoms with Crippen molar-refractivity contribution < 1.29 is 29.4 Å². The highest BCUT2D eigenvalue weighted by atomic mass is 16.4. The van der Waals surface area contributed by atoms with Gasteiger partial charge in [0.1, 0.15) is 23.5 Å². The van der Waals surface area contributed by atoms with Gasteiger partial charge in [-0.3, -0.25) is 38.9 Å². The largest absolute Gasteiger partial charge is 0.480 e. The number of anilines is 2. The molecule has 4 heterocycles. The van der Waals surface area contributed by atoms with Gasteiger partial charge in [-0.25, -0.2) is 0 Å². The molecule has 12 heteroatoms. The number of carboxylic acids is 2. The summed E-state index contributed by atoms with van der Waals surface area (Å²) < 4.78 is 0. The molecular weight excluding hydrogens is 612 g/mol. The molecule has 12 nitrogen and oxygen atoms in total. The number of amides is 2. The van der Waals surface area contributed by atoms with Crippen LogP contribution in [0.15, 0.2) is 73.1 Å². The molecule has 2 aromatic heterocycles. The third kappa shape index (κ3) is 6.80. The van der Waals surface area contributed by atoms with Crippen LogP contribution < -0.4 is 10.6 Å². The molecule has 0 radical (unpaired) electrons. The van der Waals surface area contributed by atoms with E-state index < -0.39 is 24.0 Å². The molecule has 2 aliphatic heterocycles. The van der Waals surface area contributed by atoms with Crippen molar-refractivity contribution in [3.05, 3.63) is 107 Å². The first-order valence-electron chi connectivity index (χ1n) is 15.7. The van der Waals surface area contributed by atoms with E-state index in [0.29, 0.717) is 50.4 Å². The number of hydrogen-bond acceptors (Lipinski definition) is 8. The predicted molar refractivity (Wildman–Crippen MR) is 179 cm³/mol. The minimum absolute atomic E-state index is 0.245. The van der Waals surface area contributed by atoms with Gasteiger partial charge in [0.2, 0.25) is 0 Å². The molecule has 4 aromatic rings. The Kier molecular flexibility index (Phi) is 9.28. The first-order chi connectivity index (χ1) is 23.1. The molecule has 2 atom stereocenters. The van der Waals surface area contributed by atoms with Crippen LogP contribution in [0, 0.1) is 13.8 Å². The second kappa shape index (κ2) is 13.7. The van der Waals surface area contributed by atoms with Gasteiger partial charge in [0.25, 0.3) is 11.8 Å². The van der Waals surface area contributed by atoms with E-state index in [1.54, 1.807) is 36.7 Å². The first kappa shape index (κ1) is 32.5. The van der Waals surface area contributed by atoms with Gasteiger partial charge < -0.3 is 20.8 Å². The Morgan fingerprint density at radius 2 is 1.08 bits per heavy atom. The molecule has 0 saturated carbocycles. The summed E-state index contributed by atoms with van der Waals surface area (Å²) >= 11 is 0. The SMILES string of the molecule is Cc1c(NC(=O)c2ccc(CN3CCC3C(=O)O)cn2)cccc1-c1cccc(NC(=O)c2ccc(CN3CC[C@H]3C(=O)O)cn2)c1C. The van der Waals surface area contributed by atoms with E-state index in [1.807, 2.05) is 60.0 Å². The van der Waals surface area contributed by atoms with Gasteiger partial charge in [-0.05, 0) is 84.3 Å². The van der Waals surface area contributed by atoms with Gasteiger partial charge in [0.05, 0.1) is 0 Å². The van der Waals surface area contributed by atoms with E-state index >= 15 is 0 Å². The molecule has 0 spiro atoms. The molecule has 1 unspecified atom stereocenters. The molecule has 4 N–H and O–H groups in total. The second-order valence-electron chi connectivity index (χ2n) is 12.2. The molecule has 2 fully saturated rings. The highest BCUT2D eigenvalue weighted by Gasteiger charge is 2.34. The number of rotatable bonds is 11. The Labute approximate surface area is 277 Å². The maximum atomic E-state index is 13.1. The molecule has 48 heavy (non-hydrogen) atoms. The first-order valence-corrected chi connectivity index (χ1v) is 15.7. The number of aliphatic carboxylic acids is 2. The van der Waals surface area contributed by atoms with Gasteiger partial charge in [0, 0.05) is 49.9 Å². The molecule has 2 saturated heterocycles. The molecular formula is C36H36N6O6. The van der Waals surface area contributed by atoms with Gasteiger partial charge >= 0.3 is 11.9 Å². The smallest absolute Gasteiger partial charge is 0.320 e. The van der Waals surface area contributed by atoms with Crippen LogP contribution in [0.4, 0.5) is 11.4 Å². The number of carbonyl (C=O) groups is 4. The molecule has 0 aliphatic carbocycles. The molecule has 2 amide bonds. The topological polar surface area (TPSA) is 165 Å². The predicted octanol–water partition coefficient (Wildman–Crippen LogP) is 4.58. The van der Waals surface area contributed by atoms with Crippen LogP contribution in [-0.2, 0) is 22.7 Å². The fraction of sp³-hybridized carbons (Fsp3) is 0.278. The second-order valence-corrected chi connectivity index (χ2v) is 12.2. The monoisotopic (exact) mass is 648 g/mol. The van der Waals surface area contributed by atoms with Crippen LogP contribution in [0.2, 0.25) is 0 Å². The lowest BCUT2D eigenvalue weighted by Gasteiger charge is -2.37. The van der Waals surface area contributed by atoms with E-state index in [2.05, 4.69) is 20.6 Å². The Hall–Kier alpha value is -5.46. The highest BCUT2D eigenvalue weighted by molar-refractivity contribution is 6.05. The van der Waals surface area contributed by atoms with Gasteiger partial charge in [-0.2, -0.15) is 0 Å². The van der Waals surface area contributed by atoms with Crippen LogP contribution >= 0.6 is 0 Å². The van der Waals surface area contributed by atoms with Crippen molar-refractivity contribution in [2.45, 2.75) is 51.9 Å². The Morgan fingerprint density at radius 3 is 1.40 bits per heavy atom. The molecule has 2 aliphatic rings. The summed E-state index contributed by atoms with van der Waals surface area (Å²) in [5, 5.41) is 24.5. The van der Waals surface area contributed by atoms with E-state index in [1.165, 1.54) is 0 Å². The quantitative estimate of drug-likeness (QED) is 0.181. The van der Waals surface area contributed by atoms with E-state index in [0.717, 1.165) is 33.4 Å². The number of nitrogens with one attached hydrogen (secondary N) is 2. The third-order valence-electron chi connectivity index (χ3n) is 9.17. The third-order valence-corrected chi connectivity index (χ3v) is 9.17. The van der Waals surface area contributed by atoms with Crippen molar-refractivity contribution in [1.82, 2.24) is 19.8 Å². The Balaban J connectivity index is 1.11. The van der Waals surface area contributed by atoms with Crippen molar-refractivity contribution >= 4 is 35.1 Å². The number of likely N-dealkylation sites (tertiary alicyclic amines) is 2. The standard InChI is InChI=1S/C36H36N6O6/c1-21-25(5-3-7-27(21)39-33(43)29-11-9-23(17-37-29)19-41-15-13-31(41)35(45)46)26-6-4-8-28(22(26)2)40-34(44)30-12-10-24(18-38-30)20-42-16-14-32(42)36(47)48/h3-12,17-18,31-32H,13-16,19-20H2,1-2H3,(H,39,43)(H,40,44)(H,45,46)(H,47,48)/t31-,32?/m0/s1. The Bertz CT molecular complexity index is 1740. The zero-order valence-corrected chi connectivity index (χ0v) is 26.6. The van der Waals surface area contributed by atoms with Crippen molar-refractivity contribution in [2.75, 3.05) is 23.7 Å². The van der Waals surface area contributed by atoms with Crippen molar-refractivity contribution in [1.29, 1.82) is 0 Å². The van der Waals surface area contributed by atoms with Crippen LogP contribution in [0.3, 0.4) is 0 Å². The number of carboxylic acid groups (broad SMARTS) is 2. The maximum Gasteiger partial charge on any atom is 0.320 e. The van der Waals surface area contributed by atoms with Gasteiger partial charge in [-0.1, -0.05) is 36.4 Å². The summed E-state index contributed by atoms with van der Waals surface area (Å²) in [7, 11) is 0. The summed E-state index contributed by atoms with van der Waals surface area (Å²) in [4.78, 5) is 61.2. The number of carbonyl (C=O) groups excluding carboxylic acids is 2. The maximum absolute atomic E-state index is 13.1. The Morgan fingerprint density at radius 1 is 0.667 bits per heavy atom. The number of nitrogens with zero attached hydrogens (tertiary/aromatic N) is 4. The van der Waals surface area contributed by atoms with Crippen LogP contribution in [0.25, 0.3) is 11.1 Å². The minimum atomic E-state index is -0.828. The lowest BCUT2D eigenvalue weighted by atomic mass is 9.94. The van der Waals surface area contributed by atoms with Crippen LogP contribution in [0.1, 0.15) is 56.1 Å². The normalized spacial score (nSPS) is 17.5. The van der Waals surface area contributed by atoms with Crippen LogP contribution in [-0.4, -0.2) is 78.9 Å². The summed E-state index contributed by atoms with van der Waals surface area (Å²) in [5.74, 6) is -2.38. The van der Waals surface area contributed by atoms with E-state index in [4.69, 9.17) is 0 Å². The number of pyridine rings is 2. The van der Waals surface area contributed by atoms with E-state index in [9.17, 15) is 29.4 Å². The number of benzene rings is 2. The zero-order chi connectivity index (χ0) is 33.9. The van der Waals surface area contributed by atoms with Crippen molar-refractivity contribution in [2.24, 2.45) is 0 Å². The highest BCUT2D eigenvalue weighted by Crippen LogP contribution is 2.34. The minimum Gasteiger partial charge on any atom is -0.480 e. The summed E-state index contributed by atoms with van der Waals surface area (Å²) in [6.45, 7) is 6.19. The average molecular weight is 649 g/mol. The fourth-order valence-corrected chi connectivity index (χ4v) is 6.09. The number of hydrogen-bond donors (Lipinski definition) is 4. The fourth-order valence-electron chi connectivity index (χ4n) is 6.09. The lowest BCUT2D eigenvalue weighted by Crippen LogP contribution is -2.51. The average Bonchev–Trinajstić information content (AvgIpc) is 3.03. The zero-order valence-electron chi connectivity index (χ0n) is 26.6. The van der Waals surface area contributed by atoms with E-state index in [-0.39, 0.29) is 23.2 Å². The summed E-state index contributed by atoms with van der Waals surface area (Å²) in [6, 6.07) is 17.2. The van der Waals surface area contributed by atoms with Gasteiger partial charge in [-0.15, -0.1) is 0 Å². The van der Waals surface area contributed by atoms with Crippen LogP contribution in [0.5, 0.6) is 0 Å². The summed E-state index contributed by atoms with van der Waals surface area (Å²) in [6.07, 6.45) is 4.47. The molecule has 0 bridgehead atoms. The molecule has 6 rings (SSSR count). The number of aromatic nitrogens is 2. The lowest BCUT2D eigenvalue weighted by molar-refractivity contribution is -0.149. The molecule has 246 valence electrons. The molecule has 2 aromatic carbocycles. The summed E-state index contributed by atoms with van der Waals surface area (Å²) in [5.41, 5.74) is 6.88. The van der Waals surface area contributed by atoms with Gasteiger partial charge in [0.15, 0.2) is 0 Å².